The molecule has 5 rings (SSSR count). The highest BCUT2D eigenvalue weighted by atomic mass is 35.5. The van der Waals surface area contributed by atoms with Crippen molar-refractivity contribution in [2.45, 2.75) is 6.54 Å². The van der Waals surface area contributed by atoms with Crippen molar-refractivity contribution in [2.75, 3.05) is 0 Å². The van der Waals surface area contributed by atoms with E-state index in [0.717, 1.165) is 27.7 Å². The minimum atomic E-state index is -0.571. The number of aromatic nitrogens is 1. The van der Waals surface area contributed by atoms with Crippen LogP contribution in [0.15, 0.2) is 78.9 Å². The van der Waals surface area contributed by atoms with Crippen LogP contribution in [0.5, 0.6) is 5.75 Å². The van der Waals surface area contributed by atoms with Crippen molar-refractivity contribution in [2.24, 2.45) is 5.73 Å². The Labute approximate surface area is 194 Å². The Hall–Kier alpha value is -4.27. The van der Waals surface area contributed by atoms with E-state index in [0.29, 0.717) is 33.5 Å². The number of nitriles is 1. The summed E-state index contributed by atoms with van der Waals surface area (Å²) < 4.78 is 2.01. The predicted octanol–water partition coefficient (Wildman–Crippen LogP) is 5.84. The van der Waals surface area contributed by atoms with E-state index in [1.54, 1.807) is 36.4 Å². The standard InChI is InChI=1S/C27H18ClN3O2/c28-20-10-8-16(9-11-20)19-12-23-26(24(32)13-19)25-21(27(30)33)6-3-7-22(25)31(23)15-18-5-2-1-4-17(18)14-29/h1-13,32H,15H2,(H2,30,33). The smallest absolute Gasteiger partial charge is 0.249 e. The van der Waals surface area contributed by atoms with Gasteiger partial charge in [-0.05, 0) is 59.2 Å². The number of nitrogens with two attached hydrogens (primary N) is 1. The Morgan fingerprint density at radius 1 is 0.939 bits per heavy atom. The molecule has 0 saturated carbocycles. The van der Waals surface area contributed by atoms with Gasteiger partial charge in [-0.2, -0.15) is 5.26 Å². The molecule has 0 saturated heterocycles. The van der Waals surface area contributed by atoms with Crippen molar-refractivity contribution >= 4 is 39.3 Å². The first-order chi connectivity index (χ1) is 16.0. The van der Waals surface area contributed by atoms with E-state index in [2.05, 4.69) is 6.07 Å². The summed E-state index contributed by atoms with van der Waals surface area (Å²) >= 11 is 6.05. The number of fused-ring (bicyclic) bond motifs is 3. The Morgan fingerprint density at radius 2 is 1.70 bits per heavy atom. The summed E-state index contributed by atoms with van der Waals surface area (Å²) in [6.07, 6.45) is 0. The molecule has 0 aliphatic carbocycles. The van der Waals surface area contributed by atoms with Gasteiger partial charge in [0, 0.05) is 22.5 Å². The molecule has 160 valence electrons. The van der Waals surface area contributed by atoms with Gasteiger partial charge in [0.05, 0.1) is 28.1 Å². The van der Waals surface area contributed by atoms with Crippen molar-refractivity contribution in [3.05, 3.63) is 101 Å². The lowest BCUT2D eigenvalue weighted by Gasteiger charge is -2.11. The van der Waals surface area contributed by atoms with Gasteiger partial charge in [-0.3, -0.25) is 4.79 Å². The fourth-order valence-corrected chi connectivity index (χ4v) is 4.49. The summed E-state index contributed by atoms with van der Waals surface area (Å²) in [7, 11) is 0. The number of carbonyl (C=O) groups is 1. The molecule has 1 heterocycles. The maximum absolute atomic E-state index is 12.2. The predicted molar refractivity (Wildman–Crippen MR) is 130 cm³/mol. The number of benzene rings is 4. The van der Waals surface area contributed by atoms with Crippen molar-refractivity contribution in [3.63, 3.8) is 0 Å². The molecule has 1 amide bonds. The molecule has 0 spiro atoms. The molecule has 5 aromatic rings. The van der Waals surface area contributed by atoms with Gasteiger partial charge < -0.3 is 15.4 Å². The number of halogens is 1. The lowest BCUT2D eigenvalue weighted by molar-refractivity contribution is 0.100. The highest BCUT2D eigenvalue weighted by Gasteiger charge is 2.20. The van der Waals surface area contributed by atoms with Crippen LogP contribution in [-0.2, 0) is 6.54 Å². The monoisotopic (exact) mass is 451 g/mol. The van der Waals surface area contributed by atoms with E-state index in [9.17, 15) is 15.2 Å². The van der Waals surface area contributed by atoms with Gasteiger partial charge in [0.15, 0.2) is 0 Å². The molecule has 33 heavy (non-hydrogen) atoms. The summed E-state index contributed by atoms with van der Waals surface area (Å²) in [5.41, 5.74) is 10.6. The molecule has 0 unspecified atom stereocenters. The van der Waals surface area contributed by atoms with Gasteiger partial charge in [0.2, 0.25) is 5.91 Å². The maximum Gasteiger partial charge on any atom is 0.249 e. The first-order valence-electron chi connectivity index (χ1n) is 10.3. The molecular formula is C27H18ClN3O2. The van der Waals surface area contributed by atoms with Crippen molar-refractivity contribution in [1.82, 2.24) is 4.57 Å². The maximum atomic E-state index is 12.2. The fraction of sp³-hybridized carbons (Fsp3) is 0.0370. The SMILES string of the molecule is N#Cc1ccccc1Cn1c2cc(-c3ccc(Cl)cc3)cc(O)c2c2c(C(N)=O)cccc21. The fourth-order valence-electron chi connectivity index (χ4n) is 4.36. The zero-order chi connectivity index (χ0) is 23.1. The van der Waals surface area contributed by atoms with Crippen LogP contribution in [0.2, 0.25) is 5.02 Å². The average Bonchev–Trinajstić information content (AvgIpc) is 3.13. The number of primary amides is 1. The molecule has 6 heteroatoms. The molecule has 4 aromatic carbocycles. The van der Waals surface area contributed by atoms with Crippen molar-refractivity contribution in [1.29, 1.82) is 5.26 Å². The molecule has 3 N–H and O–H groups in total. The molecule has 0 aliphatic rings. The second-order valence-electron chi connectivity index (χ2n) is 7.82. The van der Waals surface area contributed by atoms with Gasteiger partial charge in [-0.15, -0.1) is 0 Å². The number of nitrogens with zero attached hydrogens (tertiary/aromatic N) is 2. The summed E-state index contributed by atoms with van der Waals surface area (Å²) in [5, 5.41) is 22.4. The van der Waals surface area contributed by atoms with Gasteiger partial charge in [-0.25, -0.2) is 0 Å². The zero-order valence-corrected chi connectivity index (χ0v) is 18.2. The van der Waals surface area contributed by atoms with Crippen molar-refractivity contribution < 1.29 is 9.90 Å². The number of hydrogen-bond acceptors (Lipinski definition) is 3. The average molecular weight is 452 g/mol. The molecule has 0 atom stereocenters. The van der Waals surface area contributed by atoms with Crippen LogP contribution in [0.4, 0.5) is 0 Å². The number of phenolic OH excluding ortho intramolecular Hbond substituents is 1. The number of carbonyl (C=O) groups excluding carboxylic acids is 1. The summed E-state index contributed by atoms with van der Waals surface area (Å²) in [6.45, 7) is 0.384. The quantitative estimate of drug-likeness (QED) is 0.359. The summed E-state index contributed by atoms with van der Waals surface area (Å²) in [4.78, 5) is 12.2. The lowest BCUT2D eigenvalue weighted by atomic mass is 10.0. The van der Waals surface area contributed by atoms with E-state index in [1.165, 1.54) is 0 Å². The summed E-state index contributed by atoms with van der Waals surface area (Å²) in [5.74, 6) is -0.526. The molecule has 1 aromatic heterocycles. The van der Waals surface area contributed by atoms with E-state index in [1.807, 2.05) is 47.0 Å². The van der Waals surface area contributed by atoms with E-state index in [-0.39, 0.29) is 5.75 Å². The van der Waals surface area contributed by atoms with Crippen LogP contribution in [0, 0.1) is 11.3 Å². The molecule has 0 aliphatic heterocycles. The van der Waals surface area contributed by atoms with Crippen molar-refractivity contribution in [3.8, 4) is 22.9 Å². The topological polar surface area (TPSA) is 92.0 Å². The highest BCUT2D eigenvalue weighted by Crippen LogP contribution is 2.40. The van der Waals surface area contributed by atoms with E-state index < -0.39 is 5.91 Å². The number of rotatable bonds is 4. The second-order valence-corrected chi connectivity index (χ2v) is 8.25. The highest BCUT2D eigenvalue weighted by molar-refractivity contribution is 6.30. The normalized spacial score (nSPS) is 11.0. The number of amides is 1. The van der Waals surface area contributed by atoms with Crippen LogP contribution in [0.1, 0.15) is 21.5 Å². The Bertz CT molecular complexity index is 1590. The number of aromatic hydroxyl groups is 1. The molecule has 5 nitrogen and oxygen atoms in total. The second kappa shape index (κ2) is 8.01. The van der Waals surface area contributed by atoms with Crippen LogP contribution in [-0.4, -0.2) is 15.6 Å². The van der Waals surface area contributed by atoms with E-state index in [4.69, 9.17) is 17.3 Å². The Balaban J connectivity index is 1.86. The number of hydrogen-bond donors (Lipinski definition) is 2. The minimum Gasteiger partial charge on any atom is -0.507 e. The lowest BCUT2D eigenvalue weighted by Crippen LogP contribution is -2.11. The van der Waals surface area contributed by atoms with Gasteiger partial charge in [0.25, 0.3) is 0 Å². The minimum absolute atomic E-state index is 0.0449. The van der Waals surface area contributed by atoms with Gasteiger partial charge >= 0.3 is 0 Å². The zero-order valence-electron chi connectivity index (χ0n) is 17.4. The number of phenols is 1. The Morgan fingerprint density at radius 3 is 2.42 bits per heavy atom. The molecular weight excluding hydrogens is 434 g/mol. The summed E-state index contributed by atoms with van der Waals surface area (Å²) in [6, 6.07) is 25.9. The van der Waals surface area contributed by atoms with Crippen LogP contribution in [0.25, 0.3) is 32.9 Å². The molecule has 0 fully saturated rings. The third-order valence-corrected chi connectivity index (χ3v) is 6.13. The molecule has 0 bridgehead atoms. The van der Waals surface area contributed by atoms with Crippen LogP contribution in [0.3, 0.4) is 0 Å². The van der Waals surface area contributed by atoms with Crippen LogP contribution >= 0.6 is 11.6 Å². The first kappa shape index (κ1) is 20.6. The third kappa shape index (κ3) is 3.47. The largest absolute Gasteiger partial charge is 0.507 e. The third-order valence-electron chi connectivity index (χ3n) is 5.88. The van der Waals surface area contributed by atoms with E-state index >= 15 is 0 Å². The van der Waals surface area contributed by atoms with Crippen LogP contribution < -0.4 is 5.73 Å². The van der Waals surface area contributed by atoms with Gasteiger partial charge in [-0.1, -0.05) is 48.0 Å². The van der Waals surface area contributed by atoms with Gasteiger partial charge in [0.1, 0.15) is 5.75 Å². The Kier molecular flexibility index (Phi) is 5.01. The first-order valence-corrected chi connectivity index (χ1v) is 10.7. The molecule has 0 radical (unpaired) electrons.